The van der Waals surface area contributed by atoms with Gasteiger partial charge in [-0.25, -0.2) is 0 Å². The lowest BCUT2D eigenvalue weighted by atomic mass is 9.93. The van der Waals surface area contributed by atoms with E-state index in [1.54, 1.807) is 11.3 Å². The lowest BCUT2D eigenvalue weighted by Crippen LogP contribution is -2.10. The van der Waals surface area contributed by atoms with Crippen molar-refractivity contribution in [1.29, 1.82) is 0 Å². The SMILES string of the molecule is C#CC(C)(C)c1cc(Cl)cs1. The zero-order valence-corrected chi connectivity index (χ0v) is 8.09. The fourth-order valence-corrected chi connectivity index (χ4v) is 1.88. The van der Waals surface area contributed by atoms with Crippen LogP contribution in [0.25, 0.3) is 0 Å². The number of rotatable bonds is 1. The molecule has 0 N–H and O–H groups in total. The molecular formula is C9H9ClS. The lowest BCUT2D eigenvalue weighted by molar-refractivity contribution is 0.716. The van der Waals surface area contributed by atoms with Gasteiger partial charge in [-0.2, -0.15) is 0 Å². The minimum absolute atomic E-state index is 0.183. The Kier molecular flexibility index (Phi) is 2.27. The minimum Gasteiger partial charge on any atom is -0.146 e. The summed E-state index contributed by atoms with van der Waals surface area (Å²) in [4.78, 5) is 1.14. The first-order chi connectivity index (χ1) is 5.06. The first-order valence-electron chi connectivity index (χ1n) is 3.28. The standard InChI is InChI=1S/C9H9ClS/c1-4-9(2,3)8-5-7(10)6-11-8/h1,5-6H,2-3H3. The van der Waals surface area contributed by atoms with E-state index in [0.29, 0.717) is 0 Å². The molecule has 1 heterocycles. The first kappa shape index (κ1) is 8.64. The summed E-state index contributed by atoms with van der Waals surface area (Å²) in [5, 5.41) is 2.67. The molecule has 2 heteroatoms. The highest BCUT2D eigenvalue weighted by molar-refractivity contribution is 7.10. The monoisotopic (exact) mass is 184 g/mol. The van der Waals surface area contributed by atoms with E-state index < -0.39 is 0 Å². The Morgan fingerprint density at radius 2 is 2.27 bits per heavy atom. The zero-order valence-electron chi connectivity index (χ0n) is 6.52. The topological polar surface area (TPSA) is 0 Å². The number of hydrogen-bond acceptors (Lipinski definition) is 1. The summed E-state index contributed by atoms with van der Waals surface area (Å²) in [5.41, 5.74) is -0.183. The van der Waals surface area contributed by atoms with Gasteiger partial charge in [-0.3, -0.25) is 0 Å². The van der Waals surface area contributed by atoms with Crippen molar-refractivity contribution in [2.45, 2.75) is 19.3 Å². The largest absolute Gasteiger partial charge is 0.146 e. The van der Waals surface area contributed by atoms with E-state index in [9.17, 15) is 0 Å². The highest BCUT2D eigenvalue weighted by atomic mass is 35.5. The van der Waals surface area contributed by atoms with Gasteiger partial charge in [0.1, 0.15) is 0 Å². The van der Waals surface area contributed by atoms with Crippen molar-refractivity contribution in [2.24, 2.45) is 0 Å². The molecule has 0 aliphatic carbocycles. The highest BCUT2D eigenvalue weighted by Crippen LogP contribution is 2.30. The average molecular weight is 185 g/mol. The maximum atomic E-state index is 5.77. The van der Waals surface area contributed by atoms with E-state index in [2.05, 4.69) is 5.92 Å². The predicted molar refractivity (Wildman–Crippen MR) is 51.2 cm³/mol. The Balaban J connectivity index is 3.04. The second kappa shape index (κ2) is 2.89. The summed E-state index contributed by atoms with van der Waals surface area (Å²) < 4.78 is 0. The third-order valence-electron chi connectivity index (χ3n) is 1.54. The minimum atomic E-state index is -0.183. The van der Waals surface area contributed by atoms with Gasteiger partial charge in [0.15, 0.2) is 0 Å². The molecule has 0 bridgehead atoms. The van der Waals surface area contributed by atoms with Crippen LogP contribution in [0.1, 0.15) is 18.7 Å². The molecule has 58 valence electrons. The van der Waals surface area contributed by atoms with Gasteiger partial charge >= 0.3 is 0 Å². The number of thiophene rings is 1. The van der Waals surface area contributed by atoms with Crippen LogP contribution >= 0.6 is 22.9 Å². The van der Waals surface area contributed by atoms with Gasteiger partial charge < -0.3 is 0 Å². The van der Waals surface area contributed by atoms with Crippen LogP contribution in [0, 0.1) is 12.3 Å². The van der Waals surface area contributed by atoms with Crippen molar-refractivity contribution in [3.8, 4) is 12.3 Å². The van der Waals surface area contributed by atoms with E-state index in [-0.39, 0.29) is 5.41 Å². The molecule has 0 nitrogen and oxygen atoms in total. The van der Waals surface area contributed by atoms with E-state index in [0.717, 1.165) is 9.90 Å². The summed E-state index contributed by atoms with van der Waals surface area (Å²) in [6.45, 7) is 4.02. The Morgan fingerprint density at radius 1 is 1.64 bits per heavy atom. The number of halogens is 1. The van der Waals surface area contributed by atoms with Crippen LogP contribution in [0.3, 0.4) is 0 Å². The Labute approximate surface area is 76.2 Å². The van der Waals surface area contributed by atoms with Crippen LogP contribution in [0.2, 0.25) is 5.02 Å². The Hall–Kier alpha value is -0.450. The van der Waals surface area contributed by atoms with E-state index >= 15 is 0 Å². The molecule has 0 amide bonds. The molecule has 0 aliphatic heterocycles. The molecule has 0 unspecified atom stereocenters. The highest BCUT2D eigenvalue weighted by Gasteiger charge is 2.18. The maximum Gasteiger partial charge on any atom is 0.0597 e. The van der Waals surface area contributed by atoms with Gasteiger partial charge in [-0.05, 0) is 19.9 Å². The first-order valence-corrected chi connectivity index (χ1v) is 4.54. The van der Waals surface area contributed by atoms with Crippen molar-refractivity contribution >= 4 is 22.9 Å². The van der Waals surface area contributed by atoms with Crippen LogP contribution in [-0.2, 0) is 5.41 Å². The summed E-state index contributed by atoms with van der Waals surface area (Å²) in [7, 11) is 0. The number of terminal acetylenes is 1. The second-order valence-corrected chi connectivity index (χ2v) is 4.25. The van der Waals surface area contributed by atoms with E-state index in [1.165, 1.54) is 0 Å². The van der Waals surface area contributed by atoms with Gasteiger partial charge in [0.2, 0.25) is 0 Å². The van der Waals surface area contributed by atoms with Crippen molar-refractivity contribution in [3.05, 3.63) is 21.3 Å². The van der Waals surface area contributed by atoms with Crippen LogP contribution < -0.4 is 0 Å². The molecule has 1 aromatic heterocycles. The molecule has 0 radical (unpaired) electrons. The maximum absolute atomic E-state index is 5.77. The van der Waals surface area contributed by atoms with E-state index in [4.69, 9.17) is 18.0 Å². The molecule has 0 saturated heterocycles. The van der Waals surface area contributed by atoms with Gasteiger partial charge in [0.25, 0.3) is 0 Å². The second-order valence-electron chi connectivity index (χ2n) is 2.90. The molecule has 11 heavy (non-hydrogen) atoms. The molecule has 1 aromatic rings. The summed E-state index contributed by atoms with van der Waals surface area (Å²) >= 11 is 7.37. The fraction of sp³-hybridized carbons (Fsp3) is 0.333. The molecule has 1 rings (SSSR count). The molecular weight excluding hydrogens is 176 g/mol. The quantitative estimate of drug-likeness (QED) is 0.588. The molecule has 0 saturated carbocycles. The average Bonchev–Trinajstić information content (AvgIpc) is 2.36. The summed E-state index contributed by atoms with van der Waals surface area (Å²) in [6, 6.07) is 1.92. The zero-order chi connectivity index (χ0) is 8.48. The lowest BCUT2D eigenvalue weighted by Gasteiger charge is -2.13. The molecule has 0 fully saturated rings. The third kappa shape index (κ3) is 1.77. The van der Waals surface area contributed by atoms with Crippen molar-refractivity contribution in [3.63, 3.8) is 0 Å². The fourth-order valence-electron chi connectivity index (χ4n) is 0.712. The van der Waals surface area contributed by atoms with E-state index in [1.807, 2.05) is 25.3 Å². The van der Waals surface area contributed by atoms with Crippen molar-refractivity contribution in [2.75, 3.05) is 0 Å². The summed E-state index contributed by atoms with van der Waals surface area (Å²) in [6.07, 6.45) is 5.36. The Morgan fingerprint density at radius 3 is 2.64 bits per heavy atom. The van der Waals surface area contributed by atoms with Crippen LogP contribution in [0.4, 0.5) is 0 Å². The molecule has 0 aromatic carbocycles. The predicted octanol–water partition coefficient (Wildman–Crippen LogP) is 3.31. The van der Waals surface area contributed by atoms with Gasteiger partial charge in [-0.15, -0.1) is 17.8 Å². The van der Waals surface area contributed by atoms with Crippen LogP contribution in [-0.4, -0.2) is 0 Å². The molecule has 0 atom stereocenters. The van der Waals surface area contributed by atoms with Crippen LogP contribution in [0.5, 0.6) is 0 Å². The molecule has 0 spiro atoms. The third-order valence-corrected chi connectivity index (χ3v) is 3.15. The normalized spacial score (nSPS) is 11.1. The smallest absolute Gasteiger partial charge is 0.0597 e. The van der Waals surface area contributed by atoms with Gasteiger partial charge in [-0.1, -0.05) is 17.5 Å². The van der Waals surface area contributed by atoms with Crippen LogP contribution in [0.15, 0.2) is 11.4 Å². The van der Waals surface area contributed by atoms with Crippen molar-refractivity contribution < 1.29 is 0 Å². The Bertz CT molecular complexity index is 291. The van der Waals surface area contributed by atoms with Gasteiger partial charge in [0, 0.05) is 10.3 Å². The molecule has 0 aliphatic rings. The summed E-state index contributed by atoms with van der Waals surface area (Å²) in [5.74, 6) is 2.72. The van der Waals surface area contributed by atoms with Crippen molar-refractivity contribution in [1.82, 2.24) is 0 Å². The van der Waals surface area contributed by atoms with Gasteiger partial charge in [0.05, 0.1) is 10.4 Å². The number of hydrogen-bond donors (Lipinski definition) is 0.